The van der Waals surface area contributed by atoms with E-state index in [4.69, 9.17) is 20.6 Å². The van der Waals surface area contributed by atoms with E-state index in [9.17, 15) is 62.0 Å². The van der Waals surface area contributed by atoms with Crippen molar-refractivity contribution >= 4 is 97.7 Å². The Balaban J connectivity index is 0.000000240. The molecule has 0 saturated carbocycles. The van der Waals surface area contributed by atoms with Crippen molar-refractivity contribution in [3.63, 3.8) is 0 Å². The summed E-state index contributed by atoms with van der Waals surface area (Å²) in [7, 11) is -19.1. The standard InChI is InChI=1S/2C20H14N2O8S2.2Na/c2*21-18-15(32(28,29)30)9-14(22-10-5-7-11(8-6-10)31(25,26)27)16-17(18)20(24)13-4-2-1-3-12(13)19(16)23;;/h2*1-9,22H,21H2,(H,25,26,27)(H,28,29,30);;/q;;2*+1/p-2. The monoisotopic (exact) mass is 992 g/mol. The van der Waals surface area contributed by atoms with Crippen LogP contribution in [-0.4, -0.2) is 75.0 Å². The van der Waals surface area contributed by atoms with E-state index >= 15 is 0 Å². The zero-order chi connectivity index (χ0) is 46.8. The van der Waals surface area contributed by atoms with Crippen LogP contribution >= 0.6 is 0 Å². The van der Waals surface area contributed by atoms with E-state index in [1.54, 1.807) is 12.1 Å². The molecule has 0 amide bonds. The summed E-state index contributed by atoms with van der Waals surface area (Å²) in [6.45, 7) is 0. The molecule has 0 aliphatic heterocycles. The van der Waals surface area contributed by atoms with Gasteiger partial charge in [0.2, 0.25) is 0 Å². The molecule has 6 aromatic carbocycles. The SMILES string of the molecule is Nc1c(S(=O)(=O)[O-])cc(Nc2ccc(S(=O)(=O)O)cc2)c2c1C(=O)c1ccccc1C2=O.Nc1c(S(=O)(=O)[O-])cc(Nc2ccc(S(=O)(=O)O)cc2)c2c1C(=O)c1ccccc1C2=O.[Na+].[Na+]. The second kappa shape index (κ2) is 18.8. The Morgan fingerprint density at radius 2 is 0.682 bits per heavy atom. The molecular weight excluding hydrogens is 967 g/mol. The number of benzene rings is 6. The van der Waals surface area contributed by atoms with Crippen LogP contribution in [0.1, 0.15) is 63.7 Å². The third-order valence-electron chi connectivity index (χ3n) is 9.80. The van der Waals surface area contributed by atoms with Crippen molar-refractivity contribution in [3.05, 3.63) is 154 Å². The average Bonchev–Trinajstić information content (AvgIpc) is 3.22. The van der Waals surface area contributed by atoms with E-state index in [1.807, 2.05) is 0 Å². The molecule has 2 aliphatic rings. The first-order chi connectivity index (χ1) is 29.8. The van der Waals surface area contributed by atoms with Crippen LogP contribution in [0.4, 0.5) is 34.1 Å². The molecule has 0 spiro atoms. The third-order valence-corrected chi connectivity index (χ3v) is 13.3. The molecule has 0 atom stereocenters. The average molecular weight is 993 g/mol. The van der Waals surface area contributed by atoms with Gasteiger partial charge in [0.05, 0.1) is 64.6 Å². The van der Waals surface area contributed by atoms with Gasteiger partial charge in [0.15, 0.2) is 23.1 Å². The Kier molecular flexibility index (Phi) is 14.8. The summed E-state index contributed by atoms with van der Waals surface area (Å²) in [4.78, 5) is 49.9. The number of fused-ring (bicyclic) bond motifs is 4. The molecule has 66 heavy (non-hydrogen) atoms. The Morgan fingerprint density at radius 3 is 0.924 bits per heavy atom. The van der Waals surface area contributed by atoms with Crippen molar-refractivity contribution in [2.24, 2.45) is 0 Å². The van der Waals surface area contributed by atoms with E-state index in [-0.39, 0.29) is 115 Å². The number of hydrogen-bond acceptors (Lipinski definition) is 18. The van der Waals surface area contributed by atoms with Crippen LogP contribution in [0.15, 0.2) is 129 Å². The maximum Gasteiger partial charge on any atom is 1.00 e. The van der Waals surface area contributed by atoms with Gasteiger partial charge in [0.1, 0.15) is 20.2 Å². The van der Waals surface area contributed by atoms with E-state index in [1.165, 1.54) is 60.7 Å². The molecule has 0 fully saturated rings. The summed E-state index contributed by atoms with van der Waals surface area (Å²) >= 11 is 0. The van der Waals surface area contributed by atoms with Gasteiger partial charge in [-0.3, -0.25) is 28.3 Å². The van der Waals surface area contributed by atoms with Crippen LogP contribution in [0.25, 0.3) is 0 Å². The smallest absolute Gasteiger partial charge is 0.744 e. The normalized spacial score (nSPS) is 13.0. The fraction of sp³-hybridized carbons (Fsp3) is 0. The van der Waals surface area contributed by atoms with Gasteiger partial charge in [-0.25, -0.2) is 16.8 Å². The summed E-state index contributed by atoms with van der Waals surface area (Å²) in [6.07, 6.45) is 0. The maximum absolute atomic E-state index is 13.2. The summed E-state index contributed by atoms with van der Waals surface area (Å²) in [5.74, 6) is -2.67. The van der Waals surface area contributed by atoms with Crippen molar-refractivity contribution in [2.45, 2.75) is 19.6 Å². The Labute approximate surface area is 419 Å². The molecule has 328 valence electrons. The number of nitrogens with two attached hydrogens (primary N) is 2. The number of nitrogens with one attached hydrogen (secondary N) is 2. The molecule has 0 heterocycles. The number of rotatable bonds is 8. The number of carbonyl (C=O) groups is 4. The molecule has 0 unspecified atom stereocenters. The van der Waals surface area contributed by atoms with Crippen LogP contribution in [0.2, 0.25) is 0 Å². The van der Waals surface area contributed by atoms with Crippen molar-refractivity contribution in [1.82, 2.24) is 0 Å². The summed E-state index contributed by atoms with van der Waals surface area (Å²) in [6, 6.07) is 22.7. The van der Waals surface area contributed by atoms with Gasteiger partial charge in [0.25, 0.3) is 20.2 Å². The van der Waals surface area contributed by atoms with Crippen LogP contribution in [0.5, 0.6) is 0 Å². The van der Waals surface area contributed by atoms with Gasteiger partial charge in [0, 0.05) is 33.6 Å². The van der Waals surface area contributed by atoms with Gasteiger partial charge >= 0.3 is 59.1 Å². The van der Waals surface area contributed by atoms with E-state index in [0.29, 0.717) is 0 Å². The molecule has 0 bridgehead atoms. The molecule has 6 aromatic rings. The fourth-order valence-corrected chi connectivity index (χ4v) is 9.16. The largest absolute Gasteiger partial charge is 1.00 e. The summed E-state index contributed by atoms with van der Waals surface area (Å²) < 4.78 is 134. The zero-order valence-electron chi connectivity index (χ0n) is 33.8. The van der Waals surface area contributed by atoms with Crippen molar-refractivity contribution in [2.75, 3.05) is 22.1 Å². The molecule has 2 aliphatic carbocycles. The molecule has 20 nitrogen and oxygen atoms in total. The first-order valence-electron chi connectivity index (χ1n) is 17.7. The second-order valence-corrected chi connectivity index (χ2v) is 19.3. The number of carbonyl (C=O) groups excluding carboxylic acids is 4. The third kappa shape index (κ3) is 9.92. The topological polar surface area (TPSA) is 368 Å². The minimum Gasteiger partial charge on any atom is -0.744 e. The second-order valence-electron chi connectivity index (χ2n) is 13.7. The number of hydrogen-bond donors (Lipinski definition) is 6. The van der Waals surface area contributed by atoms with E-state index < -0.39 is 106 Å². The minimum atomic E-state index is -5.12. The molecule has 0 radical (unpaired) electrons. The predicted octanol–water partition coefficient (Wildman–Crippen LogP) is -2.11. The van der Waals surface area contributed by atoms with Gasteiger partial charge in [-0.2, -0.15) is 16.8 Å². The summed E-state index contributed by atoms with van der Waals surface area (Å²) in [5, 5.41) is 5.45. The van der Waals surface area contributed by atoms with Gasteiger partial charge < -0.3 is 31.2 Å². The van der Waals surface area contributed by atoms with Crippen molar-refractivity contribution in [1.29, 1.82) is 0 Å². The quantitative estimate of drug-likeness (QED) is 0.0539. The first kappa shape index (κ1) is 51.8. The van der Waals surface area contributed by atoms with Gasteiger partial charge in [-0.1, -0.05) is 48.5 Å². The van der Waals surface area contributed by atoms with Crippen LogP contribution < -0.4 is 81.2 Å². The van der Waals surface area contributed by atoms with Gasteiger partial charge in [-0.05, 0) is 60.7 Å². The maximum atomic E-state index is 13.2. The number of ketones is 4. The van der Waals surface area contributed by atoms with Crippen molar-refractivity contribution < 1.29 is 130 Å². The summed E-state index contributed by atoms with van der Waals surface area (Å²) in [5.41, 5.74) is 9.34. The van der Waals surface area contributed by atoms with E-state index in [0.717, 1.165) is 36.4 Å². The van der Waals surface area contributed by atoms with Crippen molar-refractivity contribution in [3.8, 4) is 0 Å². The van der Waals surface area contributed by atoms with Crippen LogP contribution in [0.3, 0.4) is 0 Å². The number of nitrogen functional groups attached to an aromatic ring is 2. The Bertz CT molecular complexity index is 3300. The molecule has 8 rings (SSSR count). The Hall–Kier alpha value is -5.16. The fourth-order valence-electron chi connectivity index (χ4n) is 6.93. The first-order valence-corrected chi connectivity index (χ1v) is 23.4. The molecule has 0 saturated heterocycles. The predicted molar refractivity (Wildman–Crippen MR) is 223 cm³/mol. The van der Waals surface area contributed by atoms with E-state index in [2.05, 4.69) is 10.6 Å². The molecular formula is C40H26N4Na2O16S4. The zero-order valence-corrected chi connectivity index (χ0v) is 41.1. The van der Waals surface area contributed by atoms with Crippen LogP contribution in [0, 0.1) is 0 Å². The van der Waals surface area contributed by atoms with Crippen LogP contribution in [-0.2, 0) is 40.5 Å². The number of anilines is 6. The molecule has 26 heteroatoms. The molecule has 0 aromatic heterocycles. The Morgan fingerprint density at radius 1 is 0.424 bits per heavy atom. The van der Waals surface area contributed by atoms with Gasteiger partial charge in [-0.15, -0.1) is 0 Å². The molecule has 8 N–H and O–H groups in total. The minimum absolute atomic E-state index is 0.